The Morgan fingerprint density at radius 3 is 2.43 bits per heavy atom. The fourth-order valence-corrected chi connectivity index (χ4v) is 3.78. The zero-order chi connectivity index (χ0) is 21.7. The van der Waals surface area contributed by atoms with Crippen LogP contribution in [0.4, 0.5) is 0 Å². The smallest absolute Gasteiger partial charge is 0.287 e. The lowest BCUT2D eigenvalue weighted by Gasteiger charge is -2.30. The van der Waals surface area contributed by atoms with Crippen molar-refractivity contribution in [3.8, 4) is 11.5 Å². The minimum absolute atomic E-state index is 0.0313. The summed E-state index contributed by atoms with van der Waals surface area (Å²) in [5.74, 6) is 1.65. The molecule has 0 radical (unpaired) electrons. The molecule has 6 heteroatoms. The predicted octanol–water partition coefficient (Wildman–Crippen LogP) is 4.57. The highest BCUT2D eigenvalue weighted by Crippen LogP contribution is 2.29. The van der Waals surface area contributed by atoms with Crippen molar-refractivity contribution in [2.75, 3.05) is 33.9 Å². The van der Waals surface area contributed by atoms with Crippen LogP contribution in [0.25, 0.3) is 11.0 Å². The van der Waals surface area contributed by atoms with Crippen molar-refractivity contribution in [3.05, 3.63) is 59.4 Å². The van der Waals surface area contributed by atoms with Crippen molar-refractivity contribution in [2.24, 2.45) is 0 Å². The highest BCUT2D eigenvalue weighted by molar-refractivity contribution is 5.99. The van der Waals surface area contributed by atoms with Crippen LogP contribution in [-0.4, -0.2) is 44.7 Å². The maximum atomic E-state index is 13.0. The second kappa shape index (κ2) is 9.67. The predicted molar refractivity (Wildman–Crippen MR) is 118 cm³/mol. The molecular weight excluding hydrogens is 380 g/mol. The number of fused-ring (bicyclic) bond motifs is 1. The molecule has 1 amide bonds. The quantitative estimate of drug-likeness (QED) is 0.560. The largest absolute Gasteiger partial charge is 0.497 e. The van der Waals surface area contributed by atoms with Gasteiger partial charge in [0.25, 0.3) is 5.91 Å². The fourth-order valence-electron chi connectivity index (χ4n) is 3.78. The molecule has 0 saturated carbocycles. The Labute approximate surface area is 177 Å². The number of nitrogens with one attached hydrogen (secondary N) is 1. The number of carbonyl (C=O) groups excluding carboxylic acids is 1. The van der Waals surface area contributed by atoms with Crippen molar-refractivity contribution >= 4 is 16.9 Å². The summed E-state index contributed by atoms with van der Waals surface area (Å²) in [6, 6.07) is 13.6. The average molecular weight is 411 g/mol. The molecule has 0 fully saturated rings. The van der Waals surface area contributed by atoms with Gasteiger partial charge in [0.05, 0.1) is 20.3 Å². The molecule has 1 heterocycles. The molecule has 3 rings (SSSR count). The Morgan fingerprint density at radius 2 is 1.77 bits per heavy atom. The third-order valence-electron chi connectivity index (χ3n) is 5.54. The van der Waals surface area contributed by atoms with Crippen LogP contribution in [0.3, 0.4) is 0 Å². The minimum atomic E-state index is -0.220. The van der Waals surface area contributed by atoms with Crippen molar-refractivity contribution in [1.82, 2.24) is 10.2 Å². The molecule has 0 aliphatic carbocycles. The van der Waals surface area contributed by atoms with Crippen LogP contribution in [-0.2, 0) is 0 Å². The van der Waals surface area contributed by atoms with Gasteiger partial charge in [-0.3, -0.25) is 9.69 Å². The first-order valence-electron chi connectivity index (χ1n) is 10.3. The molecule has 0 aliphatic heterocycles. The normalized spacial score (nSPS) is 12.2. The number of methoxy groups -OCH3 is 2. The van der Waals surface area contributed by atoms with E-state index in [9.17, 15) is 4.79 Å². The number of furan rings is 1. The van der Waals surface area contributed by atoms with E-state index in [0.29, 0.717) is 17.9 Å². The molecule has 0 saturated heterocycles. The lowest BCUT2D eigenvalue weighted by atomic mass is 10.0. The van der Waals surface area contributed by atoms with E-state index >= 15 is 0 Å². The van der Waals surface area contributed by atoms with Gasteiger partial charge in [0, 0.05) is 17.5 Å². The number of carbonyl (C=O) groups is 1. The molecule has 1 unspecified atom stereocenters. The summed E-state index contributed by atoms with van der Waals surface area (Å²) in [6.07, 6.45) is 0. The SMILES string of the molecule is CCN(CC)C(CNC(=O)c1oc2ccc(OC)cc2c1C)c1cccc(OC)c1. The lowest BCUT2D eigenvalue weighted by molar-refractivity contribution is 0.0908. The minimum Gasteiger partial charge on any atom is -0.497 e. The second-order valence-electron chi connectivity index (χ2n) is 7.14. The van der Waals surface area contributed by atoms with E-state index < -0.39 is 0 Å². The number of ether oxygens (including phenoxy) is 2. The van der Waals surface area contributed by atoms with Crippen molar-refractivity contribution in [3.63, 3.8) is 0 Å². The van der Waals surface area contributed by atoms with Gasteiger partial charge in [-0.05, 0) is 55.9 Å². The monoisotopic (exact) mass is 410 g/mol. The van der Waals surface area contributed by atoms with Crippen molar-refractivity contribution in [1.29, 1.82) is 0 Å². The molecule has 30 heavy (non-hydrogen) atoms. The Balaban J connectivity index is 1.83. The molecule has 6 nitrogen and oxygen atoms in total. The van der Waals surface area contributed by atoms with E-state index in [2.05, 4.69) is 30.1 Å². The van der Waals surface area contributed by atoms with E-state index in [1.165, 1.54) is 0 Å². The molecule has 2 aromatic carbocycles. The zero-order valence-corrected chi connectivity index (χ0v) is 18.3. The molecule has 3 aromatic rings. The van der Waals surface area contributed by atoms with Crippen molar-refractivity contribution < 1.29 is 18.7 Å². The number of hydrogen-bond acceptors (Lipinski definition) is 5. The maximum Gasteiger partial charge on any atom is 0.287 e. The zero-order valence-electron chi connectivity index (χ0n) is 18.3. The molecule has 0 spiro atoms. The molecule has 160 valence electrons. The summed E-state index contributed by atoms with van der Waals surface area (Å²) in [5.41, 5.74) is 2.58. The standard InChI is InChI=1S/C24H30N2O4/c1-6-26(7-2)21(17-9-8-10-18(13-17)28-4)15-25-24(27)23-16(3)20-14-19(29-5)11-12-22(20)30-23/h8-14,21H,6-7,15H2,1-5H3,(H,25,27). The van der Waals surface area contributed by atoms with Gasteiger partial charge in [0.2, 0.25) is 0 Å². The molecule has 0 aliphatic rings. The second-order valence-corrected chi connectivity index (χ2v) is 7.14. The first-order valence-corrected chi connectivity index (χ1v) is 10.3. The van der Waals surface area contributed by atoms with Gasteiger partial charge in [-0.15, -0.1) is 0 Å². The number of rotatable bonds is 9. The van der Waals surface area contributed by atoms with Gasteiger partial charge >= 0.3 is 0 Å². The van der Waals surface area contributed by atoms with Crippen molar-refractivity contribution in [2.45, 2.75) is 26.8 Å². The van der Waals surface area contributed by atoms with Gasteiger partial charge in [-0.1, -0.05) is 26.0 Å². The molecular formula is C24H30N2O4. The van der Waals surface area contributed by atoms with Crippen LogP contribution < -0.4 is 14.8 Å². The van der Waals surface area contributed by atoms with Crippen LogP contribution in [0.5, 0.6) is 11.5 Å². The average Bonchev–Trinajstić information content (AvgIpc) is 3.12. The Kier molecular flexibility index (Phi) is 7.00. The highest BCUT2D eigenvalue weighted by atomic mass is 16.5. The number of amides is 1. The third-order valence-corrected chi connectivity index (χ3v) is 5.54. The van der Waals surface area contributed by atoms with Crippen LogP contribution >= 0.6 is 0 Å². The maximum absolute atomic E-state index is 13.0. The van der Waals surface area contributed by atoms with E-state index in [1.54, 1.807) is 14.2 Å². The fraction of sp³-hybridized carbons (Fsp3) is 0.375. The van der Waals surface area contributed by atoms with Crippen LogP contribution in [0, 0.1) is 6.92 Å². The van der Waals surface area contributed by atoms with E-state index in [0.717, 1.165) is 41.1 Å². The summed E-state index contributed by atoms with van der Waals surface area (Å²) in [7, 11) is 3.28. The number of benzene rings is 2. The Morgan fingerprint density at radius 1 is 1.07 bits per heavy atom. The van der Waals surface area contributed by atoms with Crippen LogP contribution in [0.2, 0.25) is 0 Å². The summed E-state index contributed by atoms with van der Waals surface area (Å²) >= 11 is 0. The summed E-state index contributed by atoms with van der Waals surface area (Å²) in [6.45, 7) is 8.34. The van der Waals surface area contributed by atoms with Gasteiger partial charge in [-0.2, -0.15) is 0 Å². The van der Waals surface area contributed by atoms with Gasteiger partial charge in [-0.25, -0.2) is 0 Å². The first kappa shape index (κ1) is 21.7. The molecule has 1 aromatic heterocycles. The number of hydrogen-bond donors (Lipinski definition) is 1. The summed E-state index contributed by atoms with van der Waals surface area (Å²) in [5, 5.41) is 3.95. The van der Waals surface area contributed by atoms with Crippen LogP contribution in [0.1, 0.15) is 41.6 Å². The molecule has 1 N–H and O–H groups in total. The molecule has 1 atom stereocenters. The van der Waals surface area contributed by atoms with Gasteiger partial charge in [0.15, 0.2) is 5.76 Å². The van der Waals surface area contributed by atoms with Crippen LogP contribution in [0.15, 0.2) is 46.9 Å². The topological polar surface area (TPSA) is 63.9 Å². The number of likely N-dealkylation sites (N-methyl/N-ethyl adjacent to an activating group) is 1. The Bertz CT molecular complexity index is 1010. The van der Waals surface area contributed by atoms with E-state index in [-0.39, 0.29) is 11.9 Å². The first-order chi connectivity index (χ1) is 14.5. The van der Waals surface area contributed by atoms with Gasteiger partial charge in [0.1, 0.15) is 17.1 Å². The summed E-state index contributed by atoms with van der Waals surface area (Å²) in [4.78, 5) is 15.3. The van der Waals surface area contributed by atoms with E-state index in [1.807, 2.05) is 43.3 Å². The summed E-state index contributed by atoms with van der Waals surface area (Å²) < 4.78 is 16.5. The molecule has 0 bridgehead atoms. The third kappa shape index (κ3) is 4.44. The number of nitrogens with zero attached hydrogens (tertiary/aromatic N) is 1. The van der Waals surface area contributed by atoms with E-state index in [4.69, 9.17) is 13.9 Å². The lowest BCUT2D eigenvalue weighted by Crippen LogP contribution is -2.38. The van der Waals surface area contributed by atoms with Gasteiger partial charge < -0.3 is 19.2 Å². The number of aryl methyl sites for hydroxylation is 1. The highest BCUT2D eigenvalue weighted by Gasteiger charge is 2.22. The Hall–Kier alpha value is -2.99.